The van der Waals surface area contributed by atoms with Crippen LogP contribution in [0.15, 0.2) is 46.9 Å². The smallest absolute Gasteiger partial charge is 0.339 e. The summed E-state index contributed by atoms with van der Waals surface area (Å²) in [6.45, 7) is 3.38. The first-order valence-electron chi connectivity index (χ1n) is 7.96. The molecule has 7 heteroatoms. The maximum Gasteiger partial charge on any atom is 0.339 e. The predicted octanol–water partition coefficient (Wildman–Crippen LogP) is 3.68. The topological polar surface area (TPSA) is 94.7 Å². The SMILES string of the molecule is COc1ccc(-c2nnc([C@@H](C)OC(=O)c3ccc(C)c(O)c3)o2)cc1. The number of hydrogen-bond acceptors (Lipinski definition) is 7. The summed E-state index contributed by atoms with van der Waals surface area (Å²) in [6.07, 6.45) is -0.731. The van der Waals surface area contributed by atoms with Crippen molar-refractivity contribution >= 4 is 5.97 Å². The first-order valence-corrected chi connectivity index (χ1v) is 7.96. The molecule has 0 amide bonds. The van der Waals surface area contributed by atoms with Gasteiger partial charge in [-0.3, -0.25) is 0 Å². The summed E-state index contributed by atoms with van der Waals surface area (Å²) < 4.78 is 16.0. The molecule has 0 saturated heterocycles. The van der Waals surface area contributed by atoms with Gasteiger partial charge in [-0.2, -0.15) is 0 Å². The van der Waals surface area contributed by atoms with Crippen LogP contribution in [0.5, 0.6) is 11.5 Å². The van der Waals surface area contributed by atoms with E-state index in [0.717, 1.165) is 11.3 Å². The minimum Gasteiger partial charge on any atom is -0.508 e. The fourth-order valence-corrected chi connectivity index (χ4v) is 2.26. The highest BCUT2D eigenvalue weighted by molar-refractivity contribution is 5.90. The summed E-state index contributed by atoms with van der Waals surface area (Å²) in [6, 6.07) is 11.7. The van der Waals surface area contributed by atoms with Crippen molar-refractivity contribution < 1.29 is 23.8 Å². The Bertz CT molecular complexity index is 918. The Morgan fingerprint density at radius 1 is 1.15 bits per heavy atom. The Kier molecular flexibility index (Phi) is 4.88. The normalized spacial score (nSPS) is 11.8. The van der Waals surface area contributed by atoms with E-state index in [4.69, 9.17) is 13.9 Å². The zero-order valence-electron chi connectivity index (χ0n) is 14.6. The average molecular weight is 354 g/mol. The van der Waals surface area contributed by atoms with Gasteiger partial charge in [-0.15, -0.1) is 10.2 Å². The quantitative estimate of drug-likeness (QED) is 0.698. The fraction of sp³-hybridized carbons (Fsp3) is 0.211. The van der Waals surface area contributed by atoms with Gasteiger partial charge in [-0.1, -0.05) is 6.07 Å². The van der Waals surface area contributed by atoms with Gasteiger partial charge in [0.05, 0.1) is 12.7 Å². The van der Waals surface area contributed by atoms with Crippen molar-refractivity contribution in [2.45, 2.75) is 20.0 Å². The van der Waals surface area contributed by atoms with Gasteiger partial charge in [-0.25, -0.2) is 4.79 Å². The van der Waals surface area contributed by atoms with Crippen molar-refractivity contribution in [1.82, 2.24) is 10.2 Å². The van der Waals surface area contributed by atoms with Crippen LogP contribution in [-0.2, 0) is 4.74 Å². The predicted molar refractivity (Wildman–Crippen MR) is 93.0 cm³/mol. The molecule has 0 saturated carbocycles. The van der Waals surface area contributed by atoms with Crippen LogP contribution in [0.25, 0.3) is 11.5 Å². The molecule has 0 unspecified atom stereocenters. The van der Waals surface area contributed by atoms with Gasteiger partial charge in [0.25, 0.3) is 5.89 Å². The van der Waals surface area contributed by atoms with Crippen LogP contribution in [-0.4, -0.2) is 28.4 Å². The average Bonchev–Trinajstić information content (AvgIpc) is 3.14. The number of rotatable bonds is 5. The minimum absolute atomic E-state index is 0.0340. The number of methoxy groups -OCH3 is 1. The molecule has 0 aliphatic rings. The van der Waals surface area contributed by atoms with Gasteiger partial charge in [0.2, 0.25) is 5.89 Å². The lowest BCUT2D eigenvalue weighted by Crippen LogP contribution is -2.09. The van der Waals surface area contributed by atoms with Gasteiger partial charge < -0.3 is 19.0 Å². The minimum atomic E-state index is -0.731. The molecule has 0 aliphatic heterocycles. The van der Waals surface area contributed by atoms with Gasteiger partial charge in [0.15, 0.2) is 6.10 Å². The summed E-state index contributed by atoms with van der Waals surface area (Å²) in [4.78, 5) is 12.2. The standard InChI is InChI=1S/C19H18N2O5/c1-11-4-5-14(10-16(11)22)19(23)25-12(2)17-20-21-18(26-17)13-6-8-15(24-3)9-7-13/h4-10,12,22H,1-3H3/t12-/m1/s1. The zero-order valence-corrected chi connectivity index (χ0v) is 14.6. The van der Waals surface area contributed by atoms with Crippen LogP contribution in [0, 0.1) is 6.92 Å². The summed E-state index contributed by atoms with van der Waals surface area (Å²) in [5.74, 6) is 0.667. The van der Waals surface area contributed by atoms with E-state index in [9.17, 15) is 9.90 Å². The Hall–Kier alpha value is -3.35. The van der Waals surface area contributed by atoms with Crippen LogP contribution in [0.3, 0.4) is 0 Å². The molecule has 1 atom stereocenters. The van der Waals surface area contributed by atoms with E-state index in [-0.39, 0.29) is 17.2 Å². The number of nitrogens with zero attached hydrogens (tertiary/aromatic N) is 2. The number of ether oxygens (including phenoxy) is 2. The van der Waals surface area contributed by atoms with E-state index >= 15 is 0 Å². The number of phenols is 1. The van der Waals surface area contributed by atoms with Crippen molar-refractivity contribution in [2.75, 3.05) is 7.11 Å². The molecule has 1 heterocycles. The fourth-order valence-electron chi connectivity index (χ4n) is 2.26. The van der Waals surface area contributed by atoms with Crippen LogP contribution in [0.1, 0.15) is 34.8 Å². The van der Waals surface area contributed by atoms with Crippen molar-refractivity contribution in [1.29, 1.82) is 0 Å². The third-order valence-electron chi connectivity index (χ3n) is 3.85. The molecule has 0 spiro atoms. The number of phenolic OH excluding ortho intramolecular Hbond substituents is 1. The maximum absolute atomic E-state index is 12.2. The Balaban J connectivity index is 1.71. The molecule has 7 nitrogen and oxygen atoms in total. The number of carbonyl (C=O) groups is 1. The number of aryl methyl sites for hydroxylation is 1. The number of aromatic nitrogens is 2. The van der Waals surface area contributed by atoms with Gasteiger partial charge in [0.1, 0.15) is 11.5 Å². The van der Waals surface area contributed by atoms with Crippen molar-refractivity contribution in [2.24, 2.45) is 0 Å². The molecule has 1 aromatic heterocycles. The summed E-state index contributed by atoms with van der Waals surface area (Å²) in [7, 11) is 1.59. The second-order valence-corrected chi connectivity index (χ2v) is 5.72. The molecule has 2 aromatic carbocycles. The summed E-state index contributed by atoms with van der Waals surface area (Å²) in [5.41, 5.74) is 1.65. The Morgan fingerprint density at radius 2 is 1.88 bits per heavy atom. The summed E-state index contributed by atoms with van der Waals surface area (Å²) >= 11 is 0. The highest BCUT2D eigenvalue weighted by atomic mass is 16.6. The lowest BCUT2D eigenvalue weighted by molar-refractivity contribution is 0.0279. The molecular formula is C19H18N2O5. The number of hydrogen-bond donors (Lipinski definition) is 1. The molecule has 0 bridgehead atoms. The molecule has 0 radical (unpaired) electrons. The third-order valence-corrected chi connectivity index (χ3v) is 3.85. The largest absolute Gasteiger partial charge is 0.508 e. The molecule has 0 fully saturated rings. The highest BCUT2D eigenvalue weighted by Crippen LogP contribution is 2.25. The molecule has 1 N–H and O–H groups in total. The van der Waals surface area contributed by atoms with E-state index in [1.165, 1.54) is 6.07 Å². The second-order valence-electron chi connectivity index (χ2n) is 5.72. The van der Waals surface area contributed by atoms with E-state index in [1.54, 1.807) is 57.4 Å². The molecule has 3 aromatic rings. The van der Waals surface area contributed by atoms with Gasteiger partial charge >= 0.3 is 5.97 Å². The van der Waals surface area contributed by atoms with E-state index in [0.29, 0.717) is 11.5 Å². The number of aromatic hydroxyl groups is 1. The van der Waals surface area contributed by atoms with E-state index in [1.807, 2.05) is 0 Å². The van der Waals surface area contributed by atoms with Crippen molar-refractivity contribution in [3.05, 3.63) is 59.5 Å². The van der Waals surface area contributed by atoms with Crippen molar-refractivity contribution in [3.8, 4) is 23.0 Å². The van der Waals surface area contributed by atoms with Crippen LogP contribution < -0.4 is 4.74 Å². The molecular weight excluding hydrogens is 336 g/mol. The Labute approximate surface area is 150 Å². The van der Waals surface area contributed by atoms with Crippen molar-refractivity contribution in [3.63, 3.8) is 0 Å². The number of benzene rings is 2. The monoisotopic (exact) mass is 354 g/mol. The zero-order chi connectivity index (χ0) is 18.7. The lowest BCUT2D eigenvalue weighted by atomic mass is 10.1. The number of carbonyl (C=O) groups excluding carboxylic acids is 1. The number of esters is 1. The Morgan fingerprint density at radius 3 is 2.54 bits per heavy atom. The van der Waals surface area contributed by atoms with Crippen LogP contribution >= 0.6 is 0 Å². The third kappa shape index (κ3) is 3.66. The first-order chi connectivity index (χ1) is 12.5. The molecule has 134 valence electrons. The van der Waals surface area contributed by atoms with E-state index in [2.05, 4.69) is 10.2 Å². The van der Waals surface area contributed by atoms with Crippen LogP contribution in [0.4, 0.5) is 0 Å². The summed E-state index contributed by atoms with van der Waals surface area (Å²) in [5, 5.41) is 17.6. The van der Waals surface area contributed by atoms with E-state index < -0.39 is 12.1 Å². The van der Waals surface area contributed by atoms with Gasteiger partial charge in [0, 0.05) is 5.56 Å². The van der Waals surface area contributed by atoms with Gasteiger partial charge in [-0.05, 0) is 55.8 Å². The maximum atomic E-state index is 12.2. The van der Waals surface area contributed by atoms with Crippen LogP contribution in [0.2, 0.25) is 0 Å². The first kappa shape index (κ1) is 17.5. The molecule has 3 rings (SSSR count). The molecule has 0 aliphatic carbocycles. The lowest BCUT2D eigenvalue weighted by Gasteiger charge is -2.10. The second kappa shape index (κ2) is 7.26. The highest BCUT2D eigenvalue weighted by Gasteiger charge is 2.20. The molecule has 26 heavy (non-hydrogen) atoms.